The Labute approximate surface area is 128 Å². The van der Waals surface area contributed by atoms with Gasteiger partial charge >= 0.3 is 5.69 Å². The first-order valence-corrected chi connectivity index (χ1v) is 7.24. The molecule has 0 radical (unpaired) electrons. The Balaban J connectivity index is 1.88. The maximum absolute atomic E-state index is 11.9. The van der Waals surface area contributed by atoms with Gasteiger partial charge in [-0.2, -0.15) is 0 Å². The van der Waals surface area contributed by atoms with E-state index in [1.54, 1.807) is 13.2 Å². The number of likely N-dealkylation sites (tertiary alicyclic amines) is 1. The highest BCUT2D eigenvalue weighted by atomic mass is 16.6. The normalized spacial score (nSPS) is 15.6. The second-order valence-corrected chi connectivity index (χ2v) is 5.17. The number of hydrogen-bond acceptors (Lipinski definition) is 6. The van der Waals surface area contributed by atoms with Crippen molar-refractivity contribution >= 4 is 17.4 Å². The number of carbonyl (C=O) groups excluding carboxylic acids is 1. The highest BCUT2D eigenvalue weighted by molar-refractivity contribution is 5.76. The lowest BCUT2D eigenvalue weighted by Crippen LogP contribution is -2.42. The summed E-state index contributed by atoms with van der Waals surface area (Å²) in [6, 6.07) is 3.05. The molecule has 0 atom stereocenters. The van der Waals surface area contributed by atoms with Crippen molar-refractivity contribution in [2.24, 2.45) is 0 Å². The zero-order chi connectivity index (χ0) is 15.9. The van der Waals surface area contributed by atoms with Crippen LogP contribution in [0.5, 0.6) is 0 Å². The van der Waals surface area contributed by atoms with Crippen LogP contribution in [0, 0.1) is 10.1 Å². The van der Waals surface area contributed by atoms with Crippen LogP contribution >= 0.6 is 0 Å². The number of aromatic nitrogens is 1. The molecule has 0 unspecified atom stereocenters. The molecule has 1 amide bonds. The van der Waals surface area contributed by atoms with Gasteiger partial charge in [0.15, 0.2) is 0 Å². The Morgan fingerprint density at radius 1 is 1.55 bits per heavy atom. The molecular weight excluding hydrogens is 288 g/mol. The van der Waals surface area contributed by atoms with Crippen molar-refractivity contribution in [3.8, 4) is 0 Å². The third-order valence-electron chi connectivity index (χ3n) is 3.69. The molecule has 1 aromatic rings. The number of hydrogen-bond donors (Lipinski definition) is 1. The monoisotopic (exact) mass is 308 g/mol. The average Bonchev–Trinajstić information content (AvgIpc) is 2.53. The summed E-state index contributed by atoms with van der Waals surface area (Å²) in [5, 5.41) is 14.1. The Morgan fingerprint density at radius 3 is 2.91 bits per heavy atom. The quantitative estimate of drug-likeness (QED) is 0.630. The fraction of sp³-hybridized carbons (Fsp3) is 0.571. The summed E-state index contributed by atoms with van der Waals surface area (Å²) in [5.74, 6) is 0.376. The van der Waals surface area contributed by atoms with Crippen LogP contribution in [0.4, 0.5) is 11.5 Å². The summed E-state index contributed by atoms with van der Waals surface area (Å²) >= 11 is 0. The van der Waals surface area contributed by atoms with Crippen LogP contribution in [0.1, 0.15) is 19.3 Å². The Kier molecular flexibility index (Phi) is 5.65. The summed E-state index contributed by atoms with van der Waals surface area (Å²) < 4.78 is 4.91. The van der Waals surface area contributed by atoms with Gasteiger partial charge in [0, 0.05) is 38.5 Å². The van der Waals surface area contributed by atoms with Gasteiger partial charge in [-0.1, -0.05) is 0 Å². The van der Waals surface area contributed by atoms with Crippen LogP contribution in [0.2, 0.25) is 0 Å². The van der Waals surface area contributed by atoms with Crippen molar-refractivity contribution in [3.63, 3.8) is 0 Å². The van der Waals surface area contributed by atoms with Crippen molar-refractivity contribution < 1.29 is 14.5 Å². The van der Waals surface area contributed by atoms with Crippen molar-refractivity contribution in [1.29, 1.82) is 0 Å². The molecule has 22 heavy (non-hydrogen) atoms. The molecule has 2 heterocycles. The Morgan fingerprint density at radius 2 is 2.27 bits per heavy atom. The van der Waals surface area contributed by atoms with Gasteiger partial charge in [-0.3, -0.25) is 14.9 Å². The largest absolute Gasteiger partial charge is 0.384 e. The lowest BCUT2D eigenvalue weighted by atomic mass is 10.0. The van der Waals surface area contributed by atoms with E-state index in [1.165, 1.54) is 12.3 Å². The number of pyridine rings is 1. The number of ether oxygens (including phenoxy) is 1. The molecule has 1 N–H and O–H groups in total. The van der Waals surface area contributed by atoms with Gasteiger partial charge in [-0.25, -0.2) is 4.98 Å². The molecule has 0 saturated carbocycles. The van der Waals surface area contributed by atoms with Crippen molar-refractivity contribution in [3.05, 3.63) is 28.4 Å². The van der Waals surface area contributed by atoms with Gasteiger partial charge in [-0.05, 0) is 18.9 Å². The number of carbonyl (C=O) groups is 1. The van der Waals surface area contributed by atoms with E-state index in [2.05, 4.69) is 10.3 Å². The maximum Gasteiger partial charge on any atom is 0.311 e. The maximum atomic E-state index is 11.9. The van der Waals surface area contributed by atoms with Crippen LogP contribution < -0.4 is 5.32 Å². The van der Waals surface area contributed by atoms with Gasteiger partial charge in [-0.15, -0.1) is 0 Å². The van der Waals surface area contributed by atoms with Gasteiger partial charge < -0.3 is 15.0 Å². The van der Waals surface area contributed by atoms with E-state index in [0.29, 0.717) is 26.1 Å². The standard InChI is InChI=1S/C14H20N4O4/c1-22-10-6-13(19)17-8-4-11(5-9-17)16-14-12(18(20)21)3-2-7-15-14/h2-3,7,11H,4-6,8-10H2,1H3,(H,15,16). The van der Waals surface area contributed by atoms with E-state index in [-0.39, 0.29) is 23.5 Å². The molecule has 1 fully saturated rings. The summed E-state index contributed by atoms with van der Waals surface area (Å²) in [6.45, 7) is 1.71. The zero-order valence-electron chi connectivity index (χ0n) is 12.5. The molecule has 1 aliphatic rings. The van der Waals surface area contributed by atoms with E-state index in [0.717, 1.165) is 12.8 Å². The number of rotatable bonds is 6. The van der Waals surface area contributed by atoms with E-state index >= 15 is 0 Å². The highest BCUT2D eigenvalue weighted by Gasteiger charge is 2.24. The molecule has 120 valence electrons. The molecule has 0 aliphatic carbocycles. The lowest BCUT2D eigenvalue weighted by molar-refractivity contribution is -0.384. The van der Waals surface area contributed by atoms with Gasteiger partial charge in [0.2, 0.25) is 11.7 Å². The number of anilines is 1. The van der Waals surface area contributed by atoms with Gasteiger partial charge in [0.1, 0.15) is 0 Å². The number of methoxy groups -OCH3 is 1. The minimum atomic E-state index is -0.446. The number of nitrogens with zero attached hydrogens (tertiary/aromatic N) is 3. The number of nitro groups is 1. The minimum Gasteiger partial charge on any atom is -0.384 e. The van der Waals surface area contributed by atoms with E-state index < -0.39 is 4.92 Å². The number of amides is 1. The summed E-state index contributed by atoms with van der Waals surface area (Å²) in [4.78, 5) is 28.3. The second-order valence-electron chi connectivity index (χ2n) is 5.17. The molecule has 8 heteroatoms. The van der Waals surface area contributed by atoms with Gasteiger partial charge in [0.25, 0.3) is 0 Å². The Bertz CT molecular complexity index is 529. The second kappa shape index (κ2) is 7.69. The zero-order valence-corrected chi connectivity index (χ0v) is 12.5. The first kappa shape index (κ1) is 16.2. The fourth-order valence-corrected chi connectivity index (χ4v) is 2.47. The van der Waals surface area contributed by atoms with Crippen molar-refractivity contribution in [1.82, 2.24) is 9.88 Å². The first-order valence-electron chi connectivity index (χ1n) is 7.24. The van der Waals surface area contributed by atoms with Crippen LogP contribution in [0.25, 0.3) is 0 Å². The number of piperidine rings is 1. The molecule has 8 nitrogen and oxygen atoms in total. The van der Waals surface area contributed by atoms with Crippen LogP contribution in [-0.4, -0.2) is 53.6 Å². The van der Waals surface area contributed by atoms with E-state index in [9.17, 15) is 14.9 Å². The van der Waals surface area contributed by atoms with E-state index in [1.807, 2.05) is 4.90 Å². The smallest absolute Gasteiger partial charge is 0.311 e. The first-order chi connectivity index (χ1) is 10.6. The molecule has 1 aromatic heterocycles. The minimum absolute atomic E-state index is 0.0268. The molecule has 1 aliphatic heterocycles. The predicted octanol–water partition coefficient (Wildman–Crippen LogP) is 1.43. The molecule has 1 saturated heterocycles. The molecular formula is C14H20N4O4. The predicted molar refractivity (Wildman–Crippen MR) is 80.6 cm³/mol. The third kappa shape index (κ3) is 4.14. The summed E-state index contributed by atoms with van der Waals surface area (Å²) in [7, 11) is 1.57. The van der Waals surface area contributed by atoms with Crippen LogP contribution in [0.3, 0.4) is 0 Å². The SMILES string of the molecule is COCCC(=O)N1CCC(Nc2ncccc2[N+](=O)[O-])CC1. The van der Waals surface area contributed by atoms with Crippen LogP contribution in [-0.2, 0) is 9.53 Å². The average molecular weight is 308 g/mol. The van der Waals surface area contributed by atoms with Gasteiger partial charge in [0.05, 0.1) is 18.0 Å². The van der Waals surface area contributed by atoms with Crippen molar-refractivity contribution in [2.75, 3.05) is 32.1 Å². The molecule has 2 rings (SSSR count). The van der Waals surface area contributed by atoms with E-state index in [4.69, 9.17) is 4.74 Å². The lowest BCUT2D eigenvalue weighted by Gasteiger charge is -2.32. The van der Waals surface area contributed by atoms with Crippen LogP contribution in [0.15, 0.2) is 18.3 Å². The Hall–Kier alpha value is -2.22. The summed E-state index contributed by atoms with van der Waals surface area (Å²) in [6.07, 6.45) is 3.40. The molecule has 0 spiro atoms. The number of nitrogens with one attached hydrogen (secondary N) is 1. The molecule has 0 bridgehead atoms. The molecule has 0 aromatic carbocycles. The summed E-state index contributed by atoms with van der Waals surface area (Å²) in [5.41, 5.74) is -0.0268. The van der Waals surface area contributed by atoms with Crippen molar-refractivity contribution in [2.45, 2.75) is 25.3 Å². The third-order valence-corrected chi connectivity index (χ3v) is 3.69. The highest BCUT2D eigenvalue weighted by Crippen LogP contribution is 2.23. The fourth-order valence-electron chi connectivity index (χ4n) is 2.47. The topological polar surface area (TPSA) is 97.6 Å².